The van der Waals surface area contributed by atoms with Crippen LogP contribution in [0.2, 0.25) is 0 Å². The van der Waals surface area contributed by atoms with Gasteiger partial charge >= 0.3 is 0 Å². The number of nitrogens with one attached hydrogen (secondary N) is 2. The third kappa shape index (κ3) is 5.15. The first-order valence-corrected chi connectivity index (χ1v) is 10.3. The van der Waals surface area contributed by atoms with E-state index in [0.717, 1.165) is 0 Å². The average molecular weight is 408 g/mol. The Labute approximate surface area is 165 Å². The Balaban J connectivity index is 2.14. The van der Waals surface area contributed by atoms with Crippen LogP contribution >= 0.6 is 0 Å². The molecule has 0 saturated heterocycles. The van der Waals surface area contributed by atoms with Crippen LogP contribution in [0.3, 0.4) is 0 Å². The van der Waals surface area contributed by atoms with Crippen LogP contribution < -0.4 is 10.0 Å². The number of amides is 1. The van der Waals surface area contributed by atoms with Crippen LogP contribution in [0.1, 0.15) is 26.3 Å². The number of halogens is 1. The van der Waals surface area contributed by atoms with Gasteiger partial charge in [0, 0.05) is 30.8 Å². The van der Waals surface area contributed by atoms with Crippen molar-refractivity contribution < 1.29 is 22.3 Å². The topological polar surface area (TPSA) is 84.5 Å². The predicted molar refractivity (Wildman–Crippen MR) is 106 cm³/mol. The number of methoxy groups -OCH3 is 1. The van der Waals surface area contributed by atoms with E-state index in [1.54, 1.807) is 39.0 Å². The number of anilines is 1. The molecule has 0 aliphatic rings. The molecule has 152 valence electrons. The minimum atomic E-state index is -3.85. The molecule has 2 aromatic carbocycles. The van der Waals surface area contributed by atoms with Crippen molar-refractivity contribution in [2.75, 3.05) is 19.0 Å². The largest absolute Gasteiger partial charge is 0.372 e. The summed E-state index contributed by atoms with van der Waals surface area (Å²) >= 11 is 0. The molecule has 0 radical (unpaired) electrons. The first-order valence-electron chi connectivity index (χ1n) is 8.80. The zero-order chi connectivity index (χ0) is 20.9. The summed E-state index contributed by atoms with van der Waals surface area (Å²) < 4.78 is 47.2. The molecule has 0 aliphatic heterocycles. The predicted octanol–water partition coefficient (Wildman–Crippen LogP) is 3.26. The molecular formula is C20H25FN2O4S. The highest BCUT2D eigenvalue weighted by Crippen LogP contribution is 2.27. The highest BCUT2D eigenvalue weighted by Gasteiger charge is 2.31. The van der Waals surface area contributed by atoms with Gasteiger partial charge < -0.3 is 10.1 Å². The van der Waals surface area contributed by atoms with E-state index in [9.17, 15) is 17.6 Å². The second kappa shape index (κ2) is 8.81. The van der Waals surface area contributed by atoms with E-state index in [1.807, 2.05) is 0 Å². The van der Waals surface area contributed by atoms with Gasteiger partial charge in [0.2, 0.25) is 15.9 Å². The van der Waals surface area contributed by atoms with Gasteiger partial charge in [-0.15, -0.1) is 0 Å². The van der Waals surface area contributed by atoms with Crippen molar-refractivity contribution in [3.63, 3.8) is 0 Å². The van der Waals surface area contributed by atoms with Gasteiger partial charge in [-0.25, -0.2) is 17.5 Å². The van der Waals surface area contributed by atoms with E-state index in [4.69, 9.17) is 4.74 Å². The van der Waals surface area contributed by atoms with Crippen LogP contribution in [0.25, 0.3) is 0 Å². The van der Waals surface area contributed by atoms with Crippen molar-refractivity contribution >= 4 is 21.6 Å². The monoisotopic (exact) mass is 408 g/mol. The van der Waals surface area contributed by atoms with Gasteiger partial charge in [-0.3, -0.25) is 4.79 Å². The van der Waals surface area contributed by atoms with Crippen molar-refractivity contribution in [3.05, 3.63) is 59.9 Å². The van der Waals surface area contributed by atoms with Crippen molar-refractivity contribution in [3.8, 4) is 0 Å². The van der Waals surface area contributed by atoms with E-state index >= 15 is 0 Å². The molecule has 0 aliphatic carbocycles. The number of rotatable bonds is 8. The molecule has 1 atom stereocenters. The summed E-state index contributed by atoms with van der Waals surface area (Å²) in [5, 5.41) is 2.70. The third-order valence-corrected chi connectivity index (χ3v) is 5.87. The average Bonchev–Trinajstić information content (AvgIpc) is 2.67. The van der Waals surface area contributed by atoms with E-state index < -0.39 is 21.4 Å². The molecule has 1 unspecified atom stereocenters. The van der Waals surface area contributed by atoms with Crippen LogP contribution in [0.4, 0.5) is 10.1 Å². The lowest BCUT2D eigenvalue weighted by Crippen LogP contribution is -2.40. The maximum absolute atomic E-state index is 14.1. The maximum Gasteiger partial charge on any atom is 0.240 e. The van der Waals surface area contributed by atoms with Crippen molar-refractivity contribution in [1.82, 2.24) is 4.72 Å². The standard InChI is InChI=1S/C20H25FN2O4S/c1-14(2)19(24)23-15-9-11-16(12-10-15)28(25,26)22-13-20(3,27-4)17-7-5-6-8-18(17)21/h5-12,14,22H,13H2,1-4H3,(H,23,24). The van der Waals surface area contributed by atoms with Crippen LogP contribution in [-0.2, 0) is 25.2 Å². The molecule has 8 heteroatoms. The molecule has 0 spiro atoms. The highest BCUT2D eigenvalue weighted by molar-refractivity contribution is 7.89. The lowest BCUT2D eigenvalue weighted by Gasteiger charge is -2.29. The van der Waals surface area contributed by atoms with Gasteiger partial charge in [-0.05, 0) is 37.3 Å². The number of hydrogen-bond donors (Lipinski definition) is 2. The van der Waals surface area contributed by atoms with Gasteiger partial charge in [-0.2, -0.15) is 0 Å². The summed E-state index contributed by atoms with van der Waals surface area (Å²) in [6.45, 7) is 4.98. The molecule has 2 rings (SSSR count). The van der Waals surface area contributed by atoms with Crippen molar-refractivity contribution in [2.45, 2.75) is 31.3 Å². The summed E-state index contributed by atoms with van der Waals surface area (Å²) in [6.07, 6.45) is 0. The van der Waals surface area contributed by atoms with Crippen LogP contribution in [0, 0.1) is 11.7 Å². The zero-order valence-electron chi connectivity index (χ0n) is 16.3. The number of ether oxygens (including phenoxy) is 1. The van der Waals surface area contributed by atoms with Gasteiger partial charge in [0.1, 0.15) is 11.4 Å². The minimum absolute atomic E-state index is 0.0297. The molecule has 28 heavy (non-hydrogen) atoms. The molecule has 1 amide bonds. The molecule has 0 heterocycles. The number of benzene rings is 2. The molecule has 0 bridgehead atoms. The molecule has 2 N–H and O–H groups in total. The first kappa shape index (κ1) is 22.0. The molecule has 0 saturated carbocycles. The number of sulfonamides is 1. The summed E-state index contributed by atoms with van der Waals surface area (Å²) in [5.74, 6) is -0.819. The molecule has 6 nitrogen and oxygen atoms in total. The lowest BCUT2D eigenvalue weighted by molar-refractivity contribution is -0.118. The summed E-state index contributed by atoms with van der Waals surface area (Å²) in [4.78, 5) is 11.7. The minimum Gasteiger partial charge on any atom is -0.372 e. The zero-order valence-corrected chi connectivity index (χ0v) is 17.1. The van der Waals surface area contributed by atoms with E-state index in [-0.39, 0.29) is 28.8 Å². The molecular weight excluding hydrogens is 383 g/mol. The van der Waals surface area contributed by atoms with Gasteiger partial charge in [-0.1, -0.05) is 32.0 Å². The number of carbonyl (C=O) groups is 1. The lowest BCUT2D eigenvalue weighted by atomic mass is 9.95. The Hall–Kier alpha value is -2.29. The quantitative estimate of drug-likeness (QED) is 0.702. The van der Waals surface area contributed by atoms with Gasteiger partial charge in [0.25, 0.3) is 0 Å². The van der Waals surface area contributed by atoms with Crippen LogP contribution in [-0.4, -0.2) is 28.0 Å². The molecule has 2 aromatic rings. The fourth-order valence-electron chi connectivity index (χ4n) is 2.49. The van der Waals surface area contributed by atoms with Crippen LogP contribution in [0.15, 0.2) is 53.4 Å². The summed E-state index contributed by atoms with van der Waals surface area (Å²) in [6, 6.07) is 11.9. The summed E-state index contributed by atoms with van der Waals surface area (Å²) in [7, 11) is -2.46. The maximum atomic E-state index is 14.1. The Morgan fingerprint density at radius 3 is 2.29 bits per heavy atom. The van der Waals surface area contributed by atoms with Crippen LogP contribution in [0.5, 0.6) is 0 Å². The van der Waals surface area contributed by atoms with E-state index in [0.29, 0.717) is 5.69 Å². The Morgan fingerprint density at radius 1 is 1.14 bits per heavy atom. The molecule has 0 fully saturated rings. The Kier molecular flexibility index (Phi) is 6.92. The van der Waals surface area contributed by atoms with E-state index in [2.05, 4.69) is 10.0 Å². The molecule has 0 aromatic heterocycles. The first-order chi connectivity index (χ1) is 13.1. The third-order valence-electron chi connectivity index (χ3n) is 4.45. The van der Waals surface area contributed by atoms with Crippen molar-refractivity contribution in [2.24, 2.45) is 5.92 Å². The number of carbonyl (C=O) groups excluding carboxylic acids is 1. The van der Waals surface area contributed by atoms with E-state index in [1.165, 1.54) is 37.4 Å². The second-order valence-electron chi connectivity index (χ2n) is 6.91. The highest BCUT2D eigenvalue weighted by atomic mass is 32.2. The Morgan fingerprint density at radius 2 is 1.75 bits per heavy atom. The fraction of sp³-hybridized carbons (Fsp3) is 0.350. The van der Waals surface area contributed by atoms with Crippen molar-refractivity contribution in [1.29, 1.82) is 0 Å². The Bertz CT molecular complexity index is 929. The second-order valence-corrected chi connectivity index (χ2v) is 8.67. The van der Waals surface area contributed by atoms with Gasteiger partial charge in [0.15, 0.2) is 0 Å². The normalized spacial score (nSPS) is 13.9. The SMILES string of the molecule is COC(C)(CNS(=O)(=O)c1ccc(NC(=O)C(C)C)cc1)c1ccccc1F. The summed E-state index contributed by atoms with van der Waals surface area (Å²) in [5.41, 5.74) is -0.415. The smallest absolute Gasteiger partial charge is 0.240 e. The van der Waals surface area contributed by atoms with Gasteiger partial charge in [0.05, 0.1) is 4.90 Å². The number of hydrogen-bond acceptors (Lipinski definition) is 4. The fourth-order valence-corrected chi connectivity index (χ4v) is 3.61.